The third-order valence-electron chi connectivity index (χ3n) is 2.22. The predicted molar refractivity (Wildman–Crippen MR) is 55.4 cm³/mol. The van der Waals surface area contributed by atoms with E-state index in [9.17, 15) is 14.7 Å². The van der Waals surface area contributed by atoms with Crippen molar-refractivity contribution in [3.8, 4) is 0 Å². The molecule has 0 saturated carbocycles. The van der Waals surface area contributed by atoms with E-state index in [0.29, 0.717) is 12.8 Å². The van der Waals surface area contributed by atoms with Crippen molar-refractivity contribution >= 4 is 11.9 Å². The van der Waals surface area contributed by atoms with E-state index in [4.69, 9.17) is 5.11 Å². The fraction of sp³-hybridized carbons (Fsp3) is 0.800. The van der Waals surface area contributed by atoms with Crippen molar-refractivity contribution in [3.05, 3.63) is 0 Å². The number of carboxylic acids is 1. The highest BCUT2D eigenvalue weighted by Gasteiger charge is 2.18. The van der Waals surface area contributed by atoms with Crippen molar-refractivity contribution in [2.45, 2.75) is 45.1 Å². The smallest absolute Gasteiger partial charge is 0.303 e. The maximum atomic E-state index is 11.2. The summed E-state index contributed by atoms with van der Waals surface area (Å²) in [6.45, 7) is 3.68. The molecule has 0 aliphatic carbocycles. The van der Waals surface area contributed by atoms with Crippen molar-refractivity contribution < 1.29 is 19.8 Å². The monoisotopic (exact) mass is 217 g/mol. The molecule has 0 saturated heterocycles. The van der Waals surface area contributed by atoms with Crippen molar-refractivity contribution in [1.29, 1.82) is 0 Å². The van der Waals surface area contributed by atoms with E-state index >= 15 is 0 Å². The van der Waals surface area contributed by atoms with E-state index in [0.717, 1.165) is 0 Å². The average molecular weight is 217 g/mol. The molecule has 3 N–H and O–H groups in total. The minimum atomic E-state index is -0.900. The minimum Gasteiger partial charge on any atom is -0.481 e. The summed E-state index contributed by atoms with van der Waals surface area (Å²) in [5.41, 5.74) is -0.886. The fourth-order valence-corrected chi connectivity index (χ4v) is 0.903. The third kappa shape index (κ3) is 7.93. The van der Waals surface area contributed by atoms with Crippen LogP contribution in [0, 0.1) is 0 Å². The largest absolute Gasteiger partial charge is 0.481 e. The normalized spacial score (nSPS) is 14.3. The Hall–Kier alpha value is -1.10. The molecule has 1 amide bonds. The second kappa shape index (κ2) is 6.40. The van der Waals surface area contributed by atoms with Gasteiger partial charge >= 0.3 is 5.97 Å². The Balaban J connectivity index is 3.62. The standard InChI is InChI=1S/C10H19NO4/c1-3-10(2,15)7-11-8(12)5-4-6-9(13)14/h15H,3-7H2,1-2H3,(H,11,12)(H,13,14). The van der Waals surface area contributed by atoms with Gasteiger partial charge in [-0.1, -0.05) is 6.92 Å². The number of amides is 1. The number of hydrogen-bond donors (Lipinski definition) is 3. The minimum absolute atomic E-state index is 0.00239. The van der Waals surface area contributed by atoms with Crippen LogP contribution in [0.2, 0.25) is 0 Å². The Bertz CT molecular complexity index is 225. The second-order valence-electron chi connectivity index (χ2n) is 3.87. The van der Waals surface area contributed by atoms with E-state index in [1.54, 1.807) is 6.92 Å². The maximum absolute atomic E-state index is 11.2. The van der Waals surface area contributed by atoms with Crippen molar-refractivity contribution in [3.63, 3.8) is 0 Å². The van der Waals surface area contributed by atoms with E-state index in [1.165, 1.54) is 0 Å². The predicted octanol–water partition coefficient (Wildman–Crippen LogP) is 0.518. The van der Waals surface area contributed by atoms with Crippen molar-refractivity contribution in [2.75, 3.05) is 6.54 Å². The van der Waals surface area contributed by atoms with Crippen LogP contribution in [0.3, 0.4) is 0 Å². The molecule has 0 rings (SSSR count). The molecule has 88 valence electrons. The molecular formula is C10H19NO4. The van der Waals surface area contributed by atoms with Gasteiger partial charge in [0.25, 0.3) is 0 Å². The summed E-state index contributed by atoms with van der Waals surface area (Å²) in [6, 6.07) is 0. The first-order chi connectivity index (χ1) is 6.87. The quantitative estimate of drug-likeness (QED) is 0.580. The molecule has 0 aliphatic rings. The van der Waals surface area contributed by atoms with Gasteiger partial charge in [0, 0.05) is 19.4 Å². The molecule has 0 aromatic heterocycles. The second-order valence-corrected chi connectivity index (χ2v) is 3.87. The summed E-state index contributed by atoms with van der Waals surface area (Å²) in [4.78, 5) is 21.3. The van der Waals surface area contributed by atoms with Crippen LogP contribution in [0.5, 0.6) is 0 Å². The molecule has 0 aliphatic heterocycles. The van der Waals surface area contributed by atoms with E-state index in [-0.39, 0.29) is 25.3 Å². The van der Waals surface area contributed by atoms with Crippen LogP contribution in [-0.4, -0.2) is 34.2 Å². The lowest BCUT2D eigenvalue weighted by Crippen LogP contribution is -2.40. The van der Waals surface area contributed by atoms with Crippen LogP contribution >= 0.6 is 0 Å². The molecule has 1 atom stereocenters. The first-order valence-electron chi connectivity index (χ1n) is 5.08. The number of aliphatic hydroxyl groups is 1. The van der Waals surface area contributed by atoms with Gasteiger partial charge in [-0.05, 0) is 19.8 Å². The van der Waals surface area contributed by atoms with Crippen LogP contribution in [-0.2, 0) is 9.59 Å². The van der Waals surface area contributed by atoms with Gasteiger partial charge in [0.1, 0.15) is 0 Å². The zero-order valence-corrected chi connectivity index (χ0v) is 9.25. The zero-order valence-electron chi connectivity index (χ0n) is 9.25. The molecule has 0 bridgehead atoms. The molecular weight excluding hydrogens is 198 g/mol. The van der Waals surface area contributed by atoms with Gasteiger partial charge in [-0.15, -0.1) is 0 Å². The molecule has 5 nitrogen and oxygen atoms in total. The zero-order chi connectivity index (χ0) is 11.9. The van der Waals surface area contributed by atoms with Crippen molar-refractivity contribution in [1.82, 2.24) is 5.32 Å². The molecule has 15 heavy (non-hydrogen) atoms. The van der Waals surface area contributed by atoms with E-state index in [2.05, 4.69) is 5.32 Å². The molecule has 0 fully saturated rings. The number of aliphatic carboxylic acids is 1. The van der Waals surface area contributed by atoms with Gasteiger partial charge in [-0.2, -0.15) is 0 Å². The Morgan fingerprint density at radius 3 is 2.40 bits per heavy atom. The Kier molecular flexibility index (Phi) is 5.93. The summed E-state index contributed by atoms with van der Waals surface area (Å²) in [5, 5.41) is 20.5. The Labute approximate surface area is 89.5 Å². The Morgan fingerprint density at radius 2 is 1.93 bits per heavy atom. The number of carboxylic acid groups (broad SMARTS) is 1. The average Bonchev–Trinajstić information content (AvgIpc) is 2.14. The lowest BCUT2D eigenvalue weighted by atomic mass is 10.0. The number of rotatable bonds is 7. The molecule has 0 aromatic rings. The number of carbonyl (C=O) groups excluding carboxylic acids is 1. The van der Waals surface area contributed by atoms with E-state index < -0.39 is 11.6 Å². The van der Waals surface area contributed by atoms with Crippen LogP contribution in [0.4, 0.5) is 0 Å². The van der Waals surface area contributed by atoms with Crippen LogP contribution < -0.4 is 5.32 Å². The van der Waals surface area contributed by atoms with Gasteiger partial charge in [-0.25, -0.2) is 0 Å². The van der Waals surface area contributed by atoms with Gasteiger partial charge in [0.05, 0.1) is 5.60 Å². The summed E-state index contributed by atoms with van der Waals surface area (Å²) in [6.07, 6.45) is 1.07. The van der Waals surface area contributed by atoms with Crippen LogP contribution in [0.15, 0.2) is 0 Å². The SMILES string of the molecule is CCC(C)(O)CNC(=O)CCCC(=O)O. The first-order valence-corrected chi connectivity index (χ1v) is 5.08. The molecule has 0 aromatic carbocycles. The van der Waals surface area contributed by atoms with Gasteiger partial charge in [0.15, 0.2) is 0 Å². The van der Waals surface area contributed by atoms with Crippen LogP contribution in [0.25, 0.3) is 0 Å². The van der Waals surface area contributed by atoms with Crippen LogP contribution in [0.1, 0.15) is 39.5 Å². The molecule has 0 radical (unpaired) electrons. The summed E-state index contributed by atoms with van der Waals surface area (Å²) in [7, 11) is 0. The topological polar surface area (TPSA) is 86.6 Å². The first kappa shape index (κ1) is 13.9. The van der Waals surface area contributed by atoms with E-state index in [1.807, 2.05) is 6.92 Å². The highest BCUT2D eigenvalue weighted by Crippen LogP contribution is 2.06. The van der Waals surface area contributed by atoms with Crippen molar-refractivity contribution in [2.24, 2.45) is 0 Å². The number of nitrogens with one attached hydrogen (secondary N) is 1. The number of hydrogen-bond acceptors (Lipinski definition) is 3. The highest BCUT2D eigenvalue weighted by molar-refractivity contribution is 5.76. The number of carbonyl (C=O) groups is 2. The summed E-state index contributed by atoms with van der Waals surface area (Å²) in [5.74, 6) is -1.12. The van der Waals surface area contributed by atoms with Gasteiger partial charge in [0.2, 0.25) is 5.91 Å². The maximum Gasteiger partial charge on any atom is 0.303 e. The van der Waals surface area contributed by atoms with Gasteiger partial charge in [-0.3, -0.25) is 9.59 Å². The molecule has 0 spiro atoms. The fourth-order valence-electron chi connectivity index (χ4n) is 0.903. The lowest BCUT2D eigenvalue weighted by Gasteiger charge is -2.21. The summed E-state index contributed by atoms with van der Waals surface area (Å²) >= 11 is 0. The molecule has 1 unspecified atom stereocenters. The molecule has 5 heteroatoms. The van der Waals surface area contributed by atoms with Gasteiger partial charge < -0.3 is 15.5 Å². The molecule has 0 heterocycles. The lowest BCUT2D eigenvalue weighted by molar-refractivity contribution is -0.137. The highest BCUT2D eigenvalue weighted by atomic mass is 16.4. The third-order valence-corrected chi connectivity index (χ3v) is 2.22. The summed E-state index contributed by atoms with van der Waals surface area (Å²) < 4.78 is 0. The Morgan fingerprint density at radius 1 is 1.33 bits per heavy atom.